The van der Waals surface area contributed by atoms with Crippen molar-refractivity contribution >= 4 is 21.4 Å². The summed E-state index contributed by atoms with van der Waals surface area (Å²) in [7, 11) is -3.66. The van der Waals surface area contributed by atoms with Crippen molar-refractivity contribution in [3.8, 4) is 0 Å². The first kappa shape index (κ1) is 14.1. The molecule has 102 valence electrons. The molecule has 0 spiro atoms. The first-order chi connectivity index (χ1) is 8.97. The van der Waals surface area contributed by atoms with Gasteiger partial charge in [-0.2, -0.15) is 0 Å². The maximum Gasteiger partial charge on any atom is 0.238 e. The number of nitrogens with one attached hydrogen (secondary N) is 1. The smallest absolute Gasteiger partial charge is 0.238 e. The van der Waals surface area contributed by atoms with Crippen molar-refractivity contribution < 1.29 is 8.42 Å². The number of nitrogens with zero attached hydrogens (tertiary/aromatic N) is 1. The Kier molecular flexibility index (Phi) is 4.31. The molecule has 2 aromatic rings. The number of primary sulfonamides is 1. The summed E-state index contributed by atoms with van der Waals surface area (Å²) >= 11 is 1.55. The Morgan fingerprint density at radius 2 is 2.26 bits per heavy atom. The van der Waals surface area contributed by atoms with Crippen LogP contribution in [0.1, 0.15) is 24.2 Å². The molecule has 1 heterocycles. The predicted octanol–water partition coefficient (Wildman–Crippen LogP) is 1.64. The van der Waals surface area contributed by atoms with Crippen LogP contribution in [0.4, 0.5) is 0 Å². The molecule has 1 aromatic carbocycles. The van der Waals surface area contributed by atoms with Crippen LogP contribution in [0, 0.1) is 0 Å². The second-order valence-corrected chi connectivity index (χ2v) is 6.48. The summed E-state index contributed by atoms with van der Waals surface area (Å²) in [5.74, 6) is 0. The lowest BCUT2D eigenvalue weighted by Crippen LogP contribution is -2.19. The molecule has 3 N–H and O–H groups in total. The molecule has 0 aliphatic carbocycles. The van der Waals surface area contributed by atoms with Gasteiger partial charge < -0.3 is 5.32 Å². The van der Waals surface area contributed by atoms with Gasteiger partial charge in [0.25, 0.3) is 0 Å². The van der Waals surface area contributed by atoms with Crippen molar-refractivity contribution in [2.24, 2.45) is 5.14 Å². The number of hydrogen-bond acceptors (Lipinski definition) is 5. The summed E-state index contributed by atoms with van der Waals surface area (Å²) in [6.45, 7) is 2.61. The van der Waals surface area contributed by atoms with Gasteiger partial charge >= 0.3 is 0 Å². The normalized spacial score (nSPS) is 13.4. The van der Waals surface area contributed by atoms with E-state index < -0.39 is 10.0 Å². The molecule has 19 heavy (non-hydrogen) atoms. The SMILES string of the molecule is CC(NCc1cscn1)c1cccc(S(N)(=O)=O)c1. The van der Waals surface area contributed by atoms with Crippen molar-refractivity contribution in [1.29, 1.82) is 0 Å². The van der Waals surface area contributed by atoms with Gasteiger partial charge in [0.05, 0.1) is 16.1 Å². The summed E-state index contributed by atoms with van der Waals surface area (Å²) in [5, 5.41) is 10.4. The van der Waals surface area contributed by atoms with Crippen LogP contribution < -0.4 is 10.5 Å². The molecule has 0 aliphatic rings. The quantitative estimate of drug-likeness (QED) is 0.878. The Hall–Kier alpha value is -1.28. The van der Waals surface area contributed by atoms with Crippen LogP contribution in [-0.4, -0.2) is 13.4 Å². The summed E-state index contributed by atoms with van der Waals surface area (Å²) in [6, 6.07) is 6.66. The summed E-state index contributed by atoms with van der Waals surface area (Å²) in [6.07, 6.45) is 0. The fraction of sp³-hybridized carbons (Fsp3) is 0.250. The van der Waals surface area contributed by atoms with E-state index in [1.54, 1.807) is 29.0 Å². The zero-order chi connectivity index (χ0) is 13.9. The Bertz CT molecular complexity index is 639. The summed E-state index contributed by atoms with van der Waals surface area (Å²) in [5.41, 5.74) is 3.63. The summed E-state index contributed by atoms with van der Waals surface area (Å²) in [4.78, 5) is 4.31. The highest BCUT2D eigenvalue weighted by atomic mass is 32.2. The van der Waals surface area contributed by atoms with Gasteiger partial charge in [0.2, 0.25) is 10.0 Å². The average molecular weight is 297 g/mol. The van der Waals surface area contributed by atoms with E-state index in [1.165, 1.54) is 6.07 Å². The minimum absolute atomic E-state index is 0.0170. The van der Waals surface area contributed by atoms with E-state index in [0.717, 1.165) is 11.3 Å². The Balaban J connectivity index is 2.09. The molecule has 0 radical (unpaired) electrons. The van der Waals surface area contributed by atoms with Gasteiger partial charge in [0.1, 0.15) is 0 Å². The Morgan fingerprint density at radius 1 is 1.47 bits per heavy atom. The van der Waals surface area contributed by atoms with Crippen molar-refractivity contribution in [3.63, 3.8) is 0 Å². The number of thiazole rings is 1. The monoisotopic (exact) mass is 297 g/mol. The van der Waals surface area contributed by atoms with Crippen LogP contribution in [0.25, 0.3) is 0 Å². The average Bonchev–Trinajstić information content (AvgIpc) is 2.88. The molecular formula is C12H15N3O2S2. The van der Waals surface area contributed by atoms with E-state index in [2.05, 4.69) is 10.3 Å². The minimum atomic E-state index is -3.66. The number of nitrogens with two attached hydrogens (primary N) is 1. The highest BCUT2D eigenvalue weighted by molar-refractivity contribution is 7.89. The standard InChI is InChI=1S/C12H15N3O2S2/c1-9(14-6-11-7-18-8-15-11)10-3-2-4-12(5-10)19(13,16)17/h2-5,7-9,14H,6H2,1H3,(H2,13,16,17). The van der Waals surface area contributed by atoms with Crippen molar-refractivity contribution in [2.45, 2.75) is 24.4 Å². The van der Waals surface area contributed by atoms with Crippen molar-refractivity contribution in [3.05, 3.63) is 46.4 Å². The van der Waals surface area contributed by atoms with Crippen LogP contribution in [0.3, 0.4) is 0 Å². The Morgan fingerprint density at radius 3 is 2.89 bits per heavy atom. The maximum absolute atomic E-state index is 11.3. The van der Waals surface area contributed by atoms with Crippen LogP contribution in [0.15, 0.2) is 40.1 Å². The van der Waals surface area contributed by atoms with Gasteiger partial charge in [-0.3, -0.25) is 0 Å². The van der Waals surface area contributed by atoms with Crippen molar-refractivity contribution in [1.82, 2.24) is 10.3 Å². The third-order valence-corrected chi connectivity index (χ3v) is 4.31. The Labute approximate surface area is 116 Å². The van der Waals surface area contributed by atoms with E-state index in [1.807, 2.05) is 18.4 Å². The molecule has 5 nitrogen and oxygen atoms in total. The van der Waals surface area contributed by atoms with Gasteiger partial charge in [-0.05, 0) is 24.6 Å². The zero-order valence-electron chi connectivity index (χ0n) is 10.4. The molecule has 0 fully saturated rings. The van der Waals surface area contributed by atoms with Crippen molar-refractivity contribution in [2.75, 3.05) is 0 Å². The van der Waals surface area contributed by atoms with Gasteiger partial charge in [-0.15, -0.1) is 11.3 Å². The molecule has 0 saturated carbocycles. The number of sulfonamides is 1. The molecule has 0 aliphatic heterocycles. The molecule has 0 saturated heterocycles. The van der Waals surface area contributed by atoms with E-state index in [0.29, 0.717) is 6.54 Å². The molecule has 0 amide bonds. The van der Waals surface area contributed by atoms with E-state index in [4.69, 9.17) is 5.14 Å². The van der Waals surface area contributed by atoms with Gasteiger partial charge in [-0.25, -0.2) is 18.5 Å². The second kappa shape index (κ2) is 5.79. The van der Waals surface area contributed by atoms with Crippen LogP contribution in [0.5, 0.6) is 0 Å². The topological polar surface area (TPSA) is 85.1 Å². The lowest BCUT2D eigenvalue weighted by atomic mass is 10.1. The fourth-order valence-corrected chi connectivity index (χ4v) is 2.79. The lowest BCUT2D eigenvalue weighted by molar-refractivity contribution is 0.567. The number of hydrogen-bond donors (Lipinski definition) is 2. The second-order valence-electron chi connectivity index (χ2n) is 4.20. The zero-order valence-corrected chi connectivity index (χ0v) is 12.0. The lowest BCUT2D eigenvalue weighted by Gasteiger charge is -2.14. The third kappa shape index (κ3) is 3.84. The highest BCUT2D eigenvalue weighted by Crippen LogP contribution is 2.17. The van der Waals surface area contributed by atoms with E-state index in [9.17, 15) is 8.42 Å². The van der Waals surface area contributed by atoms with E-state index >= 15 is 0 Å². The molecule has 2 rings (SSSR count). The number of rotatable bonds is 5. The van der Waals surface area contributed by atoms with Crippen LogP contribution >= 0.6 is 11.3 Å². The van der Waals surface area contributed by atoms with Gasteiger partial charge in [0.15, 0.2) is 0 Å². The van der Waals surface area contributed by atoms with Gasteiger partial charge in [0, 0.05) is 18.0 Å². The van der Waals surface area contributed by atoms with Crippen LogP contribution in [-0.2, 0) is 16.6 Å². The fourth-order valence-electron chi connectivity index (χ4n) is 1.66. The third-order valence-electron chi connectivity index (χ3n) is 2.76. The van der Waals surface area contributed by atoms with Crippen LogP contribution in [0.2, 0.25) is 0 Å². The first-order valence-electron chi connectivity index (χ1n) is 5.70. The molecule has 1 unspecified atom stereocenters. The molecule has 0 bridgehead atoms. The molecule has 1 atom stereocenters. The minimum Gasteiger partial charge on any atom is -0.305 e. The van der Waals surface area contributed by atoms with Gasteiger partial charge in [-0.1, -0.05) is 12.1 Å². The summed E-state index contributed by atoms with van der Waals surface area (Å²) < 4.78 is 22.6. The number of benzene rings is 1. The molecular weight excluding hydrogens is 282 g/mol. The predicted molar refractivity (Wildman–Crippen MR) is 75.2 cm³/mol. The largest absolute Gasteiger partial charge is 0.305 e. The maximum atomic E-state index is 11.3. The highest BCUT2D eigenvalue weighted by Gasteiger charge is 2.11. The molecule has 7 heteroatoms. The van der Waals surface area contributed by atoms with E-state index in [-0.39, 0.29) is 10.9 Å². The molecule has 1 aromatic heterocycles. The number of aromatic nitrogens is 1. The first-order valence-corrected chi connectivity index (χ1v) is 8.19.